The molecule has 45 heavy (non-hydrogen) atoms. The van der Waals surface area contributed by atoms with Crippen molar-refractivity contribution in [2.75, 3.05) is 20.2 Å². The molecule has 2 fully saturated rings. The lowest BCUT2D eigenvalue weighted by molar-refractivity contribution is -0.150. The molecule has 0 radical (unpaired) electrons. The number of hydrogen-bond acceptors (Lipinski definition) is 7. The van der Waals surface area contributed by atoms with Crippen LogP contribution in [0.4, 0.5) is 0 Å². The predicted octanol–water partition coefficient (Wildman–Crippen LogP) is 5.22. The normalized spacial score (nSPS) is 26.7. The smallest absolute Gasteiger partial charge is 0.332 e. The number of nitrogens with zero attached hydrogens (tertiary/aromatic N) is 3. The van der Waals surface area contributed by atoms with E-state index in [-0.39, 0.29) is 24.3 Å². The van der Waals surface area contributed by atoms with Gasteiger partial charge in [0.05, 0.1) is 24.1 Å². The van der Waals surface area contributed by atoms with Crippen LogP contribution in [0.5, 0.6) is 5.88 Å². The zero-order valence-corrected chi connectivity index (χ0v) is 25.9. The molecule has 2 amide bonds. The molecule has 2 aromatic carbocycles. The van der Waals surface area contributed by atoms with Crippen molar-refractivity contribution < 1.29 is 23.9 Å². The van der Waals surface area contributed by atoms with Crippen LogP contribution in [0.2, 0.25) is 0 Å². The van der Waals surface area contributed by atoms with E-state index < -0.39 is 29.4 Å². The first-order chi connectivity index (χ1) is 21.9. The number of amides is 2. The number of carbonyl (C=O) groups is 3. The van der Waals surface area contributed by atoms with Gasteiger partial charge in [0, 0.05) is 36.7 Å². The highest BCUT2D eigenvalue weighted by molar-refractivity contribution is 5.95. The summed E-state index contributed by atoms with van der Waals surface area (Å²) in [4.78, 5) is 52.1. The van der Waals surface area contributed by atoms with Crippen LogP contribution in [0.3, 0.4) is 0 Å². The third kappa shape index (κ3) is 6.62. The molecule has 5 atom stereocenters. The highest BCUT2D eigenvalue weighted by Crippen LogP contribution is 2.47. The van der Waals surface area contributed by atoms with Crippen LogP contribution < -0.4 is 10.1 Å². The van der Waals surface area contributed by atoms with E-state index in [0.717, 1.165) is 30.4 Å². The van der Waals surface area contributed by atoms with E-state index >= 15 is 0 Å². The SMILES string of the molecule is CCOC(=O)C12CC1C=CCCCCN(C)C(=O)C1CC(Oc3cc(-c4ccccc4)nc(-c4ccccc4)n3)CC1C(=O)N2. The number of benzene rings is 2. The second-order valence-electron chi connectivity index (χ2n) is 12.2. The Hall–Kier alpha value is -4.53. The Morgan fingerprint density at radius 2 is 1.69 bits per heavy atom. The molecule has 0 spiro atoms. The fourth-order valence-corrected chi connectivity index (χ4v) is 6.57. The Morgan fingerprint density at radius 1 is 0.978 bits per heavy atom. The molecule has 2 heterocycles. The van der Waals surface area contributed by atoms with Crippen molar-refractivity contribution in [2.24, 2.45) is 17.8 Å². The van der Waals surface area contributed by atoms with Gasteiger partial charge < -0.3 is 19.7 Å². The van der Waals surface area contributed by atoms with Gasteiger partial charge in [0.2, 0.25) is 17.7 Å². The lowest BCUT2D eigenvalue weighted by atomic mass is 9.93. The van der Waals surface area contributed by atoms with Crippen LogP contribution in [-0.2, 0) is 19.1 Å². The summed E-state index contributed by atoms with van der Waals surface area (Å²) in [6.07, 6.45) is 7.48. The molecule has 6 rings (SSSR count). The molecule has 1 aromatic heterocycles. The molecule has 2 aliphatic carbocycles. The molecule has 1 N–H and O–H groups in total. The average Bonchev–Trinajstić information content (AvgIpc) is 3.60. The summed E-state index contributed by atoms with van der Waals surface area (Å²) in [5.74, 6) is -1.27. The number of aromatic nitrogens is 2. The molecule has 234 valence electrons. The first kappa shape index (κ1) is 30.5. The summed E-state index contributed by atoms with van der Waals surface area (Å²) in [6.45, 7) is 2.61. The third-order valence-corrected chi connectivity index (χ3v) is 9.12. The first-order valence-electron chi connectivity index (χ1n) is 16.0. The fourth-order valence-electron chi connectivity index (χ4n) is 6.57. The monoisotopic (exact) mass is 608 g/mol. The van der Waals surface area contributed by atoms with Crippen molar-refractivity contribution >= 4 is 17.8 Å². The minimum atomic E-state index is -1.09. The van der Waals surface area contributed by atoms with E-state index in [9.17, 15) is 14.4 Å². The number of rotatable bonds is 6. The molecule has 0 bridgehead atoms. The van der Waals surface area contributed by atoms with E-state index in [1.165, 1.54) is 0 Å². The number of hydrogen-bond donors (Lipinski definition) is 1. The lowest BCUT2D eigenvalue weighted by Gasteiger charge is -2.26. The lowest BCUT2D eigenvalue weighted by Crippen LogP contribution is -2.50. The van der Waals surface area contributed by atoms with Gasteiger partial charge in [-0.2, -0.15) is 4.98 Å². The van der Waals surface area contributed by atoms with Crippen LogP contribution >= 0.6 is 0 Å². The van der Waals surface area contributed by atoms with E-state index in [1.807, 2.05) is 72.8 Å². The Balaban J connectivity index is 1.29. The Morgan fingerprint density at radius 3 is 2.42 bits per heavy atom. The summed E-state index contributed by atoms with van der Waals surface area (Å²) < 4.78 is 11.9. The fraction of sp³-hybridized carbons (Fsp3) is 0.417. The highest BCUT2D eigenvalue weighted by atomic mass is 16.5. The van der Waals surface area contributed by atoms with E-state index in [4.69, 9.17) is 19.4 Å². The summed E-state index contributed by atoms with van der Waals surface area (Å²) >= 11 is 0. The third-order valence-electron chi connectivity index (χ3n) is 9.12. The van der Waals surface area contributed by atoms with Crippen molar-refractivity contribution in [1.82, 2.24) is 20.2 Å². The number of ether oxygens (including phenoxy) is 2. The van der Waals surface area contributed by atoms with Crippen LogP contribution in [-0.4, -0.2) is 64.5 Å². The average molecular weight is 609 g/mol. The maximum Gasteiger partial charge on any atom is 0.332 e. The Labute approximate surface area is 264 Å². The molecule has 2 saturated carbocycles. The van der Waals surface area contributed by atoms with Gasteiger partial charge in [0.1, 0.15) is 11.6 Å². The molecule has 3 aliphatic rings. The standard InChI is InChI=1S/C36H40N4O5/c1-3-44-35(43)36-23-26(36)18-12-4-5-13-19-40(2)34(42)29-21-27(20-28(29)33(41)39-36)45-31-22-30(24-14-8-6-9-15-24)37-32(38-31)25-16-10-7-11-17-25/h6-12,14-18,22,26-29H,3-5,13,19-21,23H2,1-2H3,(H,39,41). The highest BCUT2D eigenvalue weighted by Gasteiger charge is 2.62. The van der Waals surface area contributed by atoms with Gasteiger partial charge in [-0.25, -0.2) is 9.78 Å². The van der Waals surface area contributed by atoms with Gasteiger partial charge in [-0.05, 0) is 45.4 Å². The number of fused-ring (bicyclic) bond motifs is 2. The van der Waals surface area contributed by atoms with Crippen molar-refractivity contribution in [3.8, 4) is 28.5 Å². The van der Waals surface area contributed by atoms with E-state index in [0.29, 0.717) is 43.2 Å². The van der Waals surface area contributed by atoms with E-state index in [2.05, 4.69) is 11.4 Å². The van der Waals surface area contributed by atoms with Crippen molar-refractivity contribution in [3.63, 3.8) is 0 Å². The largest absolute Gasteiger partial charge is 0.474 e. The Bertz CT molecular complexity index is 1500. The van der Waals surface area contributed by atoms with Crippen molar-refractivity contribution in [2.45, 2.75) is 57.1 Å². The van der Waals surface area contributed by atoms with Crippen LogP contribution in [0, 0.1) is 17.8 Å². The summed E-state index contributed by atoms with van der Waals surface area (Å²) in [7, 11) is 1.80. The van der Waals surface area contributed by atoms with E-state index in [1.54, 1.807) is 18.9 Å². The summed E-state index contributed by atoms with van der Waals surface area (Å²) in [5, 5.41) is 3.04. The molecular weight excluding hydrogens is 568 g/mol. The van der Waals surface area contributed by atoms with Crippen molar-refractivity contribution in [1.29, 1.82) is 0 Å². The number of esters is 1. The zero-order valence-electron chi connectivity index (χ0n) is 25.9. The van der Waals surface area contributed by atoms with Crippen LogP contribution in [0.1, 0.15) is 45.4 Å². The minimum absolute atomic E-state index is 0.0796. The van der Waals surface area contributed by atoms with Gasteiger partial charge >= 0.3 is 5.97 Å². The Kier molecular flexibility index (Phi) is 8.96. The van der Waals surface area contributed by atoms with Gasteiger partial charge in [-0.15, -0.1) is 0 Å². The molecular formula is C36H40N4O5. The van der Waals surface area contributed by atoms with Crippen LogP contribution in [0.15, 0.2) is 78.9 Å². The van der Waals surface area contributed by atoms with Gasteiger partial charge in [-0.1, -0.05) is 72.8 Å². The number of allylic oxidation sites excluding steroid dienone is 1. The maximum absolute atomic E-state index is 14.0. The topological polar surface area (TPSA) is 111 Å². The number of carbonyl (C=O) groups excluding carboxylic acids is 3. The molecule has 5 unspecified atom stereocenters. The first-order valence-corrected chi connectivity index (χ1v) is 16.0. The molecule has 1 aliphatic heterocycles. The molecule has 3 aromatic rings. The van der Waals surface area contributed by atoms with Gasteiger partial charge in [0.15, 0.2) is 5.82 Å². The quantitative estimate of drug-likeness (QED) is 0.302. The second-order valence-corrected chi connectivity index (χ2v) is 12.2. The van der Waals surface area contributed by atoms with Crippen molar-refractivity contribution in [3.05, 3.63) is 78.9 Å². The molecule has 9 heteroatoms. The van der Waals surface area contributed by atoms with Crippen LogP contribution in [0.25, 0.3) is 22.6 Å². The molecule has 9 nitrogen and oxygen atoms in total. The molecule has 0 saturated heterocycles. The zero-order chi connectivity index (χ0) is 31.4. The summed E-state index contributed by atoms with van der Waals surface area (Å²) in [5.41, 5.74) is 1.41. The maximum atomic E-state index is 14.0. The second kappa shape index (κ2) is 13.2. The minimum Gasteiger partial charge on any atom is -0.474 e. The van der Waals surface area contributed by atoms with Gasteiger partial charge in [-0.3, -0.25) is 9.59 Å². The number of nitrogens with one attached hydrogen (secondary N) is 1. The predicted molar refractivity (Wildman–Crippen MR) is 170 cm³/mol. The van der Waals surface area contributed by atoms with Gasteiger partial charge in [0.25, 0.3) is 0 Å². The summed E-state index contributed by atoms with van der Waals surface area (Å²) in [6, 6.07) is 21.4.